The van der Waals surface area contributed by atoms with Crippen LogP contribution >= 0.6 is 0 Å². The smallest absolute Gasteiger partial charge is 0.346 e. The van der Waals surface area contributed by atoms with Crippen LogP contribution in [-0.2, 0) is 21.9 Å². The molecule has 0 aromatic carbocycles. The van der Waals surface area contributed by atoms with Gasteiger partial charge in [0.1, 0.15) is 6.21 Å². The standard InChI is InChI=1S/C2H3NO2.Cu/c3-1-2(4)5;/h1,3H,(H,4,5);. The molecule has 6 heavy (non-hydrogen) atoms. The Bertz CT molecular complexity index is 62.6. The van der Waals surface area contributed by atoms with Gasteiger partial charge in [-0.15, -0.1) is 0 Å². The molecule has 0 aliphatic carbocycles. The van der Waals surface area contributed by atoms with E-state index in [2.05, 4.69) is 0 Å². The second kappa shape index (κ2) is 4.66. The third-order valence-electron chi connectivity index (χ3n) is 0.123. The van der Waals surface area contributed by atoms with Gasteiger partial charge in [-0.2, -0.15) is 0 Å². The van der Waals surface area contributed by atoms with Crippen LogP contribution in [0, 0.1) is 5.41 Å². The zero-order chi connectivity index (χ0) is 4.28. The Balaban J connectivity index is 0. The molecule has 0 saturated carbocycles. The molecule has 0 bridgehead atoms. The number of aliphatic carboxylic acids is 1. The van der Waals surface area contributed by atoms with Crippen molar-refractivity contribution in [3.05, 3.63) is 0 Å². The van der Waals surface area contributed by atoms with Gasteiger partial charge < -0.3 is 10.5 Å². The van der Waals surface area contributed by atoms with E-state index in [4.69, 9.17) is 15.3 Å². The average Bonchev–Trinajstić information content (AvgIpc) is 1.38. The van der Waals surface area contributed by atoms with Crippen LogP contribution in [-0.4, -0.2) is 17.3 Å². The first-order valence-electron chi connectivity index (χ1n) is 1.01. The zero-order valence-corrected chi connectivity index (χ0v) is 3.68. The van der Waals surface area contributed by atoms with Gasteiger partial charge in [0.2, 0.25) is 0 Å². The molecule has 0 aromatic rings. The summed E-state index contributed by atoms with van der Waals surface area (Å²) in [4.78, 5) is 9.12. The fraction of sp³-hybridized carbons (Fsp3) is 0. The maximum absolute atomic E-state index is 9.12. The quantitative estimate of drug-likeness (QED) is 0.385. The molecule has 2 N–H and O–H groups in total. The largest absolute Gasteiger partial charge is 0.477 e. The molecule has 3 nitrogen and oxygen atoms in total. The van der Waals surface area contributed by atoms with Crippen molar-refractivity contribution in [1.29, 1.82) is 5.41 Å². The predicted molar refractivity (Wildman–Crippen MR) is 16.4 cm³/mol. The molecule has 0 aromatic heterocycles. The second-order valence-electron chi connectivity index (χ2n) is 0.483. The molecule has 4 heteroatoms. The Labute approximate surface area is 45.3 Å². The van der Waals surface area contributed by atoms with Gasteiger partial charge >= 0.3 is 5.97 Å². The molecule has 0 unspecified atom stereocenters. The van der Waals surface area contributed by atoms with E-state index < -0.39 is 5.97 Å². The minimum Gasteiger partial charge on any atom is -0.477 e. The van der Waals surface area contributed by atoms with Crippen molar-refractivity contribution >= 4 is 12.2 Å². The maximum atomic E-state index is 9.12. The number of carboxylic acid groups (broad SMARTS) is 1. The van der Waals surface area contributed by atoms with E-state index in [1.54, 1.807) is 0 Å². The predicted octanol–water partition coefficient (Wildman–Crippen LogP) is -0.282. The molecule has 1 radical (unpaired) electrons. The minimum atomic E-state index is -1.20. The first-order chi connectivity index (χ1) is 2.27. The van der Waals surface area contributed by atoms with Crippen molar-refractivity contribution in [2.24, 2.45) is 0 Å². The van der Waals surface area contributed by atoms with Gasteiger partial charge in [-0.3, -0.25) is 0 Å². The van der Waals surface area contributed by atoms with E-state index in [-0.39, 0.29) is 17.1 Å². The first-order valence-corrected chi connectivity index (χ1v) is 1.01. The topological polar surface area (TPSA) is 61.2 Å². The number of carbonyl (C=O) groups is 1. The molecule has 0 rings (SSSR count). The Morgan fingerprint density at radius 2 is 2.00 bits per heavy atom. The number of carboxylic acids is 1. The van der Waals surface area contributed by atoms with Crippen molar-refractivity contribution in [2.45, 2.75) is 0 Å². The molecule has 0 amide bonds. The van der Waals surface area contributed by atoms with Crippen LogP contribution in [0.4, 0.5) is 0 Å². The van der Waals surface area contributed by atoms with Gasteiger partial charge in [-0.1, -0.05) is 0 Å². The van der Waals surface area contributed by atoms with E-state index in [1.807, 2.05) is 0 Å². The molecule has 0 saturated heterocycles. The van der Waals surface area contributed by atoms with Crippen molar-refractivity contribution in [2.75, 3.05) is 0 Å². The monoisotopic (exact) mass is 136 g/mol. The number of nitrogens with one attached hydrogen (secondary N) is 1. The molecule has 0 fully saturated rings. The SMILES string of the molecule is N=CC(=O)O.[Cu]. The Kier molecular flexibility index (Phi) is 7.13. The normalized spacial score (nSPS) is 5.33. The van der Waals surface area contributed by atoms with Gasteiger partial charge in [0.05, 0.1) is 0 Å². The fourth-order valence-corrected chi connectivity index (χ4v) is 0. The van der Waals surface area contributed by atoms with Gasteiger partial charge in [-0.05, 0) is 0 Å². The summed E-state index contributed by atoms with van der Waals surface area (Å²) in [6, 6.07) is 0. The maximum Gasteiger partial charge on any atom is 0.346 e. The molecule has 39 valence electrons. The number of hydrogen-bond donors (Lipinski definition) is 2. The zero-order valence-electron chi connectivity index (χ0n) is 2.73. The second-order valence-corrected chi connectivity index (χ2v) is 0.483. The molecule has 0 heterocycles. The van der Waals surface area contributed by atoms with Gasteiger partial charge in [0.25, 0.3) is 0 Å². The Hall–Kier alpha value is -0.341. The van der Waals surface area contributed by atoms with Gasteiger partial charge in [0, 0.05) is 17.1 Å². The van der Waals surface area contributed by atoms with Crippen LogP contribution in [0.3, 0.4) is 0 Å². The summed E-state index contributed by atoms with van der Waals surface area (Å²) >= 11 is 0. The average molecular weight is 137 g/mol. The number of hydrogen-bond acceptors (Lipinski definition) is 2. The van der Waals surface area contributed by atoms with E-state index >= 15 is 0 Å². The Morgan fingerprint density at radius 3 is 2.00 bits per heavy atom. The molecule has 0 spiro atoms. The van der Waals surface area contributed by atoms with Crippen molar-refractivity contribution < 1.29 is 27.0 Å². The van der Waals surface area contributed by atoms with Crippen molar-refractivity contribution in [1.82, 2.24) is 0 Å². The van der Waals surface area contributed by atoms with Gasteiger partial charge in [-0.25, -0.2) is 4.79 Å². The summed E-state index contributed by atoms with van der Waals surface area (Å²) in [6.07, 6.45) is 0.333. The molecule has 0 aliphatic rings. The third-order valence-corrected chi connectivity index (χ3v) is 0.123. The summed E-state index contributed by atoms with van der Waals surface area (Å²) in [5.74, 6) is -1.20. The summed E-state index contributed by atoms with van der Waals surface area (Å²) in [6.45, 7) is 0. The summed E-state index contributed by atoms with van der Waals surface area (Å²) in [5, 5.41) is 13.4. The van der Waals surface area contributed by atoms with Crippen LogP contribution in [0.1, 0.15) is 0 Å². The summed E-state index contributed by atoms with van der Waals surface area (Å²) in [7, 11) is 0. The van der Waals surface area contributed by atoms with E-state index in [1.165, 1.54) is 0 Å². The van der Waals surface area contributed by atoms with Crippen LogP contribution in [0.5, 0.6) is 0 Å². The molecular formula is C2H3CuNO2. The van der Waals surface area contributed by atoms with Crippen LogP contribution in [0.15, 0.2) is 0 Å². The third kappa shape index (κ3) is 9.40. The van der Waals surface area contributed by atoms with Gasteiger partial charge in [0.15, 0.2) is 0 Å². The van der Waals surface area contributed by atoms with Crippen molar-refractivity contribution in [3.8, 4) is 0 Å². The fourth-order valence-electron chi connectivity index (χ4n) is 0. The molecule has 0 aliphatic heterocycles. The van der Waals surface area contributed by atoms with Crippen LogP contribution < -0.4 is 0 Å². The number of rotatable bonds is 1. The van der Waals surface area contributed by atoms with E-state index in [0.717, 1.165) is 0 Å². The molecule has 0 atom stereocenters. The van der Waals surface area contributed by atoms with Crippen LogP contribution in [0.25, 0.3) is 0 Å². The summed E-state index contributed by atoms with van der Waals surface area (Å²) < 4.78 is 0. The molecular weight excluding hydrogens is 134 g/mol. The first kappa shape index (κ1) is 9.18. The van der Waals surface area contributed by atoms with Crippen LogP contribution in [0.2, 0.25) is 0 Å². The summed E-state index contributed by atoms with van der Waals surface area (Å²) in [5.41, 5.74) is 0. The van der Waals surface area contributed by atoms with E-state index in [9.17, 15) is 0 Å². The van der Waals surface area contributed by atoms with Crippen molar-refractivity contribution in [3.63, 3.8) is 0 Å². The van der Waals surface area contributed by atoms with E-state index in [0.29, 0.717) is 6.21 Å². The minimum absolute atomic E-state index is 0. The Morgan fingerprint density at radius 1 is 1.83 bits per heavy atom.